The predicted molar refractivity (Wildman–Crippen MR) is 79.8 cm³/mol. The molecule has 0 amide bonds. The molecule has 0 saturated heterocycles. The molecule has 1 saturated carbocycles. The third-order valence-corrected chi connectivity index (χ3v) is 3.43. The number of halogens is 1. The molecule has 0 heterocycles. The number of fused-ring (bicyclic) bond motifs is 1. The highest BCUT2D eigenvalue weighted by Crippen LogP contribution is 2.30. The zero-order valence-electron chi connectivity index (χ0n) is 10.7. The molecule has 19 heavy (non-hydrogen) atoms. The van der Waals surface area contributed by atoms with Crippen LogP contribution in [0.1, 0.15) is 18.4 Å². The summed E-state index contributed by atoms with van der Waals surface area (Å²) in [6.45, 7) is 0.852. The second kappa shape index (κ2) is 5.55. The number of alkyl halides is 1. The standard InChI is InChI=1S/C17H15ClO/c18-9-1-2-13-5-6-16-11-17(8-7-15(16)10-13)19-12-14-3-4-14/h5-8,10-11,14H,3-4,9,12H2. The van der Waals surface area contributed by atoms with Gasteiger partial charge in [0.15, 0.2) is 0 Å². The third kappa shape index (κ3) is 3.22. The second-order valence-corrected chi connectivity index (χ2v) is 5.18. The molecule has 2 aromatic rings. The molecule has 0 spiro atoms. The summed E-state index contributed by atoms with van der Waals surface area (Å²) in [6.07, 6.45) is 2.63. The smallest absolute Gasteiger partial charge is 0.119 e. The highest BCUT2D eigenvalue weighted by atomic mass is 35.5. The molecule has 1 fully saturated rings. The van der Waals surface area contributed by atoms with Gasteiger partial charge in [0, 0.05) is 5.56 Å². The Balaban J connectivity index is 1.82. The van der Waals surface area contributed by atoms with Crippen LogP contribution in [-0.2, 0) is 0 Å². The summed E-state index contributed by atoms with van der Waals surface area (Å²) in [6, 6.07) is 12.4. The minimum atomic E-state index is 0.367. The number of hydrogen-bond donors (Lipinski definition) is 0. The Hall–Kier alpha value is -1.65. The van der Waals surface area contributed by atoms with Crippen molar-refractivity contribution in [3.63, 3.8) is 0 Å². The average molecular weight is 271 g/mol. The van der Waals surface area contributed by atoms with Crippen LogP contribution in [0.2, 0.25) is 0 Å². The number of hydrogen-bond acceptors (Lipinski definition) is 1. The van der Waals surface area contributed by atoms with Crippen molar-refractivity contribution >= 4 is 22.4 Å². The molecule has 0 bridgehead atoms. The summed E-state index contributed by atoms with van der Waals surface area (Å²) in [5, 5.41) is 2.37. The summed E-state index contributed by atoms with van der Waals surface area (Å²) >= 11 is 5.57. The van der Waals surface area contributed by atoms with Crippen molar-refractivity contribution < 1.29 is 4.74 Å². The summed E-state index contributed by atoms with van der Waals surface area (Å²) in [7, 11) is 0. The Morgan fingerprint density at radius 1 is 1.11 bits per heavy atom. The number of benzene rings is 2. The Kier molecular flexibility index (Phi) is 3.62. The van der Waals surface area contributed by atoms with Crippen LogP contribution in [0.25, 0.3) is 10.8 Å². The maximum atomic E-state index is 5.79. The van der Waals surface area contributed by atoms with Crippen LogP contribution >= 0.6 is 11.6 Å². The maximum absolute atomic E-state index is 5.79. The van der Waals surface area contributed by atoms with E-state index in [2.05, 4.69) is 36.1 Å². The van der Waals surface area contributed by atoms with Crippen LogP contribution in [0, 0.1) is 17.8 Å². The van der Waals surface area contributed by atoms with E-state index in [9.17, 15) is 0 Å². The summed E-state index contributed by atoms with van der Waals surface area (Å²) < 4.78 is 5.79. The average Bonchev–Trinajstić information content (AvgIpc) is 3.26. The summed E-state index contributed by atoms with van der Waals surface area (Å²) in [5.41, 5.74) is 1.000. The monoisotopic (exact) mass is 270 g/mol. The molecule has 2 heteroatoms. The molecule has 0 aliphatic heterocycles. The third-order valence-electron chi connectivity index (χ3n) is 3.29. The van der Waals surface area contributed by atoms with E-state index < -0.39 is 0 Å². The topological polar surface area (TPSA) is 9.23 Å². The minimum Gasteiger partial charge on any atom is -0.493 e. The highest BCUT2D eigenvalue weighted by molar-refractivity contribution is 6.19. The molecule has 0 aromatic heterocycles. The molecular weight excluding hydrogens is 256 g/mol. The van der Waals surface area contributed by atoms with Crippen molar-refractivity contribution in [3.8, 4) is 17.6 Å². The predicted octanol–water partition coefficient (Wildman–Crippen LogP) is 4.22. The van der Waals surface area contributed by atoms with Crippen LogP contribution in [0.5, 0.6) is 5.75 Å². The summed E-state index contributed by atoms with van der Waals surface area (Å²) in [5.74, 6) is 8.01. The molecule has 0 radical (unpaired) electrons. The zero-order valence-corrected chi connectivity index (χ0v) is 11.4. The second-order valence-electron chi connectivity index (χ2n) is 4.91. The van der Waals surface area contributed by atoms with Gasteiger partial charge in [0.25, 0.3) is 0 Å². The van der Waals surface area contributed by atoms with Crippen molar-refractivity contribution in [3.05, 3.63) is 42.0 Å². The van der Waals surface area contributed by atoms with Gasteiger partial charge in [-0.25, -0.2) is 0 Å². The van der Waals surface area contributed by atoms with Gasteiger partial charge in [0.2, 0.25) is 0 Å². The van der Waals surface area contributed by atoms with Gasteiger partial charge in [-0.15, -0.1) is 11.6 Å². The first kappa shape index (κ1) is 12.4. The lowest BCUT2D eigenvalue weighted by Gasteiger charge is -2.06. The van der Waals surface area contributed by atoms with Gasteiger partial charge < -0.3 is 4.74 Å². The first-order valence-corrected chi connectivity index (χ1v) is 7.10. The Bertz CT molecular complexity index is 647. The summed E-state index contributed by atoms with van der Waals surface area (Å²) in [4.78, 5) is 0. The quantitative estimate of drug-likeness (QED) is 0.599. The molecule has 1 aliphatic carbocycles. The molecule has 2 aromatic carbocycles. The molecule has 0 N–H and O–H groups in total. The van der Waals surface area contributed by atoms with Crippen molar-refractivity contribution in [1.82, 2.24) is 0 Å². The fraction of sp³-hybridized carbons (Fsp3) is 0.294. The lowest BCUT2D eigenvalue weighted by Crippen LogP contribution is -1.98. The SMILES string of the molecule is ClCC#Cc1ccc2cc(OCC3CC3)ccc2c1. The van der Waals surface area contributed by atoms with Gasteiger partial charge in [-0.1, -0.05) is 24.0 Å². The first-order valence-electron chi connectivity index (χ1n) is 6.56. The largest absolute Gasteiger partial charge is 0.493 e. The lowest BCUT2D eigenvalue weighted by molar-refractivity contribution is 0.300. The Morgan fingerprint density at radius 2 is 1.89 bits per heavy atom. The van der Waals surface area contributed by atoms with Gasteiger partial charge in [0.1, 0.15) is 5.75 Å². The molecule has 3 rings (SSSR count). The van der Waals surface area contributed by atoms with Crippen LogP contribution in [0.15, 0.2) is 36.4 Å². The Labute approximate surface area is 118 Å². The van der Waals surface area contributed by atoms with E-state index in [1.54, 1.807) is 0 Å². The molecule has 1 nitrogen and oxygen atoms in total. The van der Waals surface area contributed by atoms with Crippen molar-refractivity contribution in [1.29, 1.82) is 0 Å². The van der Waals surface area contributed by atoms with E-state index in [0.717, 1.165) is 23.8 Å². The Morgan fingerprint density at radius 3 is 2.68 bits per heavy atom. The molecule has 96 valence electrons. The lowest BCUT2D eigenvalue weighted by atomic mass is 10.1. The van der Waals surface area contributed by atoms with Crippen LogP contribution in [0.3, 0.4) is 0 Å². The van der Waals surface area contributed by atoms with Crippen molar-refractivity contribution in [2.45, 2.75) is 12.8 Å². The van der Waals surface area contributed by atoms with E-state index in [4.69, 9.17) is 16.3 Å². The van der Waals surface area contributed by atoms with E-state index >= 15 is 0 Å². The minimum absolute atomic E-state index is 0.367. The first-order chi connectivity index (χ1) is 9.35. The maximum Gasteiger partial charge on any atom is 0.119 e. The molecule has 1 aliphatic rings. The zero-order chi connectivity index (χ0) is 13.1. The highest BCUT2D eigenvalue weighted by Gasteiger charge is 2.21. The van der Waals surface area contributed by atoms with Gasteiger partial charge in [-0.05, 0) is 53.8 Å². The van der Waals surface area contributed by atoms with E-state index in [-0.39, 0.29) is 0 Å². The number of rotatable bonds is 3. The number of ether oxygens (including phenoxy) is 1. The molecule has 0 unspecified atom stereocenters. The van der Waals surface area contributed by atoms with E-state index in [1.165, 1.54) is 23.6 Å². The van der Waals surface area contributed by atoms with E-state index in [0.29, 0.717) is 5.88 Å². The van der Waals surface area contributed by atoms with Crippen molar-refractivity contribution in [2.24, 2.45) is 5.92 Å². The fourth-order valence-corrected chi connectivity index (χ4v) is 2.09. The van der Waals surface area contributed by atoms with Gasteiger partial charge in [-0.2, -0.15) is 0 Å². The van der Waals surface area contributed by atoms with Crippen LogP contribution in [-0.4, -0.2) is 12.5 Å². The van der Waals surface area contributed by atoms with Crippen molar-refractivity contribution in [2.75, 3.05) is 12.5 Å². The van der Waals surface area contributed by atoms with E-state index in [1.807, 2.05) is 12.1 Å². The van der Waals surface area contributed by atoms with Gasteiger partial charge >= 0.3 is 0 Å². The fourth-order valence-electron chi connectivity index (χ4n) is 2.03. The molecular formula is C17H15ClO. The van der Waals surface area contributed by atoms with Gasteiger partial charge in [-0.3, -0.25) is 0 Å². The van der Waals surface area contributed by atoms with Crippen LogP contribution in [0.4, 0.5) is 0 Å². The molecule has 0 atom stereocenters. The normalized spacial score (nSPS) is 13.9. The van der Waals surface area contributed by atoms with Gasteiger partial charge in [0.05, 0.1) is 12.5 Å². The van der Waals surface area contributed by atoms with Crippen LogP contribution < -0.4 is 4.74 Å².